The van der Waals surface area contributed by atoms with Crippen LogP contribution in [0.25, 0.3) is 0 Å². The second kappa shape index (κ2) is 12.2. The minimum Gasteiger partial charge on any atom is -0.481 e. The van der Waals surface area contributed by atoms with Crippen LogP contribution in [0.3, 0.4) is 0 Å². The van der Waals surface area contributed by atoms with E-state index >= 15 is 0 Å². The number of rotatable bonds is 8. The number of hydrogen-bond donors (Lipinski definition) is 2. The van der Waals surface area contributed by atoms with E-state index in [2.05, 4.69) is 82.3 Å². The van der Waals surface area contributed by atoms with Crippen LogP contribution in [0.2, 0.25) is 0 Å². The first-order chi connectivity index (χ1) is 23.6. The summed E-state index contributed by atoms with van der Waals surface area (Å²) < 4.78 is 14.0. The molecule has 4 nitrogen and oxygen atoms in total. The Morgan fingerprint density at radius 3 is 2.44 bits per heavy atom. The van der Waals surface area contributed by atoms with Gasteiger partial charge in [0.15, 0.2) is 0 Å². The maximum absolute atomic E-state index is 14.0. The molecule has 8 rings (SSSR count). The minimum absolute atomic E-state index is 0.0204. The van der Waals surface area contributed by atoms with Crippen molar-refractivity contribution >= 4 is 17.7 Å². The van der Waals surface area contributed by atoms with Gasteiger partial charge in [0.25, 0.3) is 0 Å². The molecular formula is C44H67FN2O2S. The molecule has 0 spiro atoms. The van der Waals surface area contributed by atoms with Crippen molar-refractivity contribution in [3.63, 3.8) is 0 Å². The van der Waals surface area contributed by atoms with Crippen LogP contribution in [-0.2, 0) is 4.79 Å². The predicted molar refractivity (Wildman–Crippen MR) is 205 cm³/mol. The zero-order valence-corrected chi connectivity index (χ0v) is 33.0. The fourth-order valence-corrected chi connectivity index (χ4v) is 16.8. The second-order valence-electron chi connectivity index (χ2n) is 20.3. The minimum atomic E-state index is -1.24. The Kier molecular flexibility index (Phi) is 8.76. The zero-order chi connectivity index (χ0) is 35.5. The summed E-state index contributed by atoms with van der Waals surface area (Å²) in [5.41, 5.74) is 4.10. The van der Waals surface area contributed by atoms with Crippen LogP contribution in [-0.4, -0.2) is 64.9 Å². The largest absolute Gasteiger partial charge is 0.481 e. The number of allylic oxidation sites excluding steroid dienone is 5. The Hall–Kier alpha value is -1.11. The highest BCUT2D eigenvalue weighted by atomic mass is 32.2. The number of carboxylic acids is 1. The SMILES string of the molecule is C=C(C)[C@@H]1CC[C@]2(NCCN3C[C@@H]4C[C@@H]3CS4)CC[C@]3(C)[C@H](CC[C@@H]4[C@@]5(C)CC=C(C6=CC[C@](CF)(C(=O)O)CC6)C(C)(C)[C@@H]5CC[C@]43C)[C@@H]12. The number of aliphatic carboxylic acids is 1. The lowest BCUT2D eigenvalue weighted by Gasteiger charge is -2.72. The van der Waals surface area contributed by atoms with Gasteiger partial charge < -0.3 is 10.4 Å². The summed E-state index contributed by atoms with van der Waals surface area (Å²) in [5.74, 6) is 3.74. The second-order valence-corrected chi connectivity index (χ2v) is 21.6. The van der Waals surface area contributed by atoms with Crippen LogP contribution in [0.1, 0.15) is 125 Å². The molecule has 0 aromatic rings. The number of hydrogen-bond acceptors (Lipinski definition) is 4. The number of nitrogens with one attached hydrogen (secondary N) is 1. The van der Waals surface area contributed by atoms with Gasteiger partial charge in [-0.3, -0.25) is 9.69 Å². The Morgan fingerprint density at radius 2 is 1.80 bits per heavy atom. The summed E-state index contributed by atoms with van der Waals surface area (Å²) >= 11 is 2.20. The van der Waals surface area contributed by atoms with Gasteiger partial charge in [-0.25, -0.2) is 4.39 Å². The van der Waals surface area contributed by atoms with Crippen molar-refractivity contribution in [2.75, 3.05) is 32.1 Å². The quantitative estimate of drug-likeness (QED) is 0.246. The van der Waals surface area contributed by atoms with Crippen molar-refractivity contribution in [3.8, 4) is 0 Å². The van der Waals surface area contributed by atoms with E-state index in [1.165, 1.54) is 93.3 Å². The van der Waals surface area contributed by atoms with E-state index in [4.69, 9.17) is 0 Å². The summed E-state index contributed by atoms with van der Waals surface area (Å²) in [7, 11) is 0. The Labute approximate surface area is 307 Å². The maximum Gasteiger partial charge on any atom is 0.312 e. The molecule has 50 heavy (non-hydrogen) atoms. The topological polar surface area (TPSA) is 52.6 Å². The molecule has 6 heteroatoms. The molecule has 2 saturated heterocycles. The van der Waals surface area contributed by atoms with Crippen molar-refractivity contribution in [2.24, 2.45) is 56.7 Å². The molecule has 6 aliphatic carbocycles. The first-order valence-electron chi connectivity index (χ1n) is 20.6. The van der Waals surface area contributed by atoms with E-state index in [0.717, 1.165) is 30.2 Å². The maximum atomic E-state index is 14.0. The van der Waals surface area contributed by atoms with Gasteiger partial charge in [-0.15, -0.1) is 0 Å². The highest BCUT2D eigenvalue weighted by molar-refractivity contribution is 8.00. The van der Waals surface area contributed by atoms with Crippen LogP contribution < -0.4 is 5.32 Å². The molecule has 12 atom stereocenters. The van der Waals surface area contributed by atoms with Gasteiger partial charge in [0, 0.05) is 42.2 Å². The van der Waals surface area contributed by atoms with E-state index < -0.39 is 18.1 Å². The van der Waals surface area contributed by atoms with E-state index in [0.29, 0.717) is 53.8 Å². The molecule has 2 heterocycles. The molecule has 278 valence electrons. The molecule has 6 fully saturated rings. The number of nitrogens with zero attached hydrogens (tertiary/aromatic N) is 1. The average Bonchev–Trinajstić information content (AvgIpc) is 3.80. The van der Waals surface area contributed by atoms with Crippen LogP contribution in [0.15, 0.2) is 35.5 Å². The molecular weight excluding hydrogens is 640 g/mol. The number of carbonyl (C=O) groups is 1. The summed E-state index contributed by atoms with van der Waals surface area (Å²) in [6, 6.07) is 0.820. The summed E-state index contributed by atoms with van der Waals surface area (Å²) in [6.07, 6.45) is 19.1. The molecule has 0 aromatic heterocycles. The van der Waals surface area contributed by atoms with Crippen molar-refractivity contribution in [1.29, 1.82) is 0 Å². The third-order valence-corrected chi connectivity index (χ3v) is 19.6. The van der Waals surface area contributed by atoms with Crippen LogP contribution in [0.4, 0.5) is 4.39 Å². The molecule has 0 unspecified atom stereocenters. The third-order valence-electron chi connectivity index (χ3n) is 18.2. The van der Waals surface area contributed by atoms with Gasteiger partial charge in [0.2, 0.25) is 0 Å². The molecule has 2 bridgehead atoms. The highest BCUT2D eigenvalue weighted by Crippen LogP contribution is 2.76. The lowest BCUT2D eigenvalue weighted by atomic mass is 9.33. The van der Waals surface area contributed by atoms with Crippen molar-refractivity contribution in [1.82, 2.24) is 10.2 Å². The van der Waals surface area contributed by atoms with Gasteiger partial charge in [-0.1, -0.05) is 58.9 Å². The summed E-state index contributed by atoms with van der Waals surface area (Å²) in [5, 5.41) is 15.1. The number of alkyl halides is 1. The molecule has 0 radical (unpaired) electrons. The molecule has 0 amide bonds. The standard InChI is InChI=1S/C44H67FN2O2S/c1-28(2)32-12-19-44(46-22-23-47-25-31-24-30(47)26-50-31)21-20-41(6)34(37(32)44)8-9-36-40(5)15-13-33(39(3,4)35(40)14-16-42(36,41)7)29-10-17-43(27-45,18-11-29)38(48)49/h10,13,30-32,34-37,46H,1,8-9,11-12,14-27H2,2-7H3,(H,48,49)/t30-,31+,32+,34-,35+,36-,37-,40+,41-,42-,43+,44+/m1/s1. The number of likely N-dealkylation sites (tertiary alicyclic amines) is 1. The third kappa shape index (κ3) is 4.97. The van der Waals surface area contributed by atoms with Gasteiger partial charge >= 0.3 is 5.97 Å². The van der Waals surface area contributed by atoms with Crippen LogP contribution >= 0.6 is 11.8 Å². The van der Waals surface area contributed by atoms with E-state index in [1.807, 2.05) is 0 Å². The van der Waals surface area contributed by atoms with Gasteiger partial charge in [0.1, 0.15) is 6.67 Å². The van der Waals surface area contributed by atoms with Crippen molar-refractivity contribution in [2.45, 2.75) is 142 Å². The smallest absolute Gasteiger partial charge is 0.312 e. The molecule has 4 saturated carbocycles. The lowest BCUT2D eigenvalue weighted by molar-refractivity contribution is -0.221. The first kappa shape index (κ1) is 35.9. The number of halogens is 1. The monoisotopic (exact) mass is 706 g/mol. The zero-order valence-electron chi connectivity index (χ0n) is 32.2. The van der Waals surface area contributed by atoms with E-state index in [9.17, 15) is 14.3 Å². The highest BCUT2D eigenvalue weighted by Gasteiger charge is 2.70. The van der Waals surface area contributed by atoms with E-state index in [1.54, 1.807) is 0 Å². The lowest BCUT2D eigenvalue weighted by Crippen LogP contribution is -2.68. The Bertz CT molecular complexity index is 1470. The van der Waals surface area contributed by atoms with Crippen LogP contribution in [0.5, 0.6) is 0 Å². The summed E-state index contributed by atoms with van der Waals surface area (Å²) in [6.45, 7) is 23.0. The van der Waals surface area contributed by atoms with E-state index in [-0.39, 0.29) is 16.4 Å². The van der Waals surface area contributed by atoms with Gasteiger partial charge in [0.05, 0.1) is 5.41 Å². The van der Waals surface area contributed by atoms with Crippen molar-refractivity contribution in [3.05, 3.63) is 35.5 Å². The average molecular weight is 707 g/mol. The van der Waals surface area contributed by atoms with Crippen LogP contribution in [0, 0.1) is 56.7 Å². The molecule has 2 aliphatic heterocycles. The number of thioether (sulfide) groups is 1. The Morgan fingerprint density at radius 1 is 1.00 bits per heavy atom. The van der Waals surface area contributed by atoms with Gasteiger partial charge in [-0.05, 0) is 153 Å². The van der Waals surface area contributed by atoms with Crippen molar-refractivity contribution < 1.29 is 14.3 Å². The predicted octanol–water partition coefficient (Wildman–Crippen LogP) is 9.86. The summed E-state index contributed by atoms with van der Waals surface area (Å²) in [4.78, 5) is 14.8. The molecule has 0 aromatic carbocycles. The molecule has 2 N–H and O–H groups in total. The number of fused-ring (bicyclic) bond motifs is 9. The Balaban J connectivity index is 1.05. The number of carboxylic acid groups (broad SMARTS) is 1. The first-order valence-corrected chi connectivity index (χ1v) is 21.6. The fourth-order valence-electron chi connectivity index (χ4n) is 15.3. The molecule has 8 aliphatic rings. The fraction of sp³-hybridized carbons (Fsp3) is 0.841. The normalized spacial score (nSPS) is 49.3. The van der Waals surface area contributed by atoms with Gasteiger partial charge in [-0.2, -0.15) is 11.8 Å².